The Morgan fingerprint density at radius 3 is 2.59 bits per heavy atom. The number of hydrogen-bond donors (Lipinski definition) is 0. The number of rotatable bonds is 4. The molecule has 1 aromatic carbocycles. The van der Waals surface area contributed by atoms with Crippen LogP contribution in [-0.4, -0.2) is 29.7 Å². The minimum Gasteiger partial charge on any atom is -0.342 e. The summed E-state index contributed by atoms with van der Waals surface area (Å²) in [5, 5.41) is 0. The predicted octanol–water partition coefficient (Wildman–Crippen LogP) is 4.74. The lowest BCUT2D eigenvalue weighted by Crippen LogP contribution is -2.48. The summed E-state index contributed by atoms with van der Waals surface area (Å²) in [6.07, 6.45) is 7.68. The molecule has 146 valence electrons. The molecular weight excluding hydrogens is 334 g/mol. The Kier molecular flexibility index (Phi) is 5.13. The maximum atomic E-state index is 12.9. The van der Waals surface area contributed by atoms with Crippen molar-refractivity contribution in [3.8, 4) is 0 Å². The molecule has 3 nitrogen and oxygen atoms in total. The number of piperidine rings is 1. The van der Waals surface area contributed by atoms with Gasteiger partial charge < -0.3 is 4.90 Å². The van der Waals surface area contributed by atoms with E-state index < -0.39 is 0 Å². The molecule has 2 aliphatic carbocycles. The van der Waals surface area contributed by atoms with Crippen LogP contribution in [0.25, 0.3) is 0 Å². The van der Waals surface area contributed by atoms with Crippen molar-refractivity contribution in [2.45, 2.75) is 71.1 Å². The minimum absolute atomic E-state index is 0.182. The Morgan fingerprint density at radius 2 is 1.96 bits per heavy atom. The number of carbonyl (C=O) groups excluding carboxylic acids is 2. The molecule has 4 rings (SSSR count). The van der Waals surface area contributed by atoms with Gasteiger partial charge in [0.25, 0.3) is 0 Å². The number of ketones is 1. The highest BCUT2D eigenvalue weighted by atomic mass is 16.2. The molecule has 0 aromatic heterocycles. The zero-order chi connectivity index (χ0) is 19.0. The van der Waals surface area contributed by atoms with Gasteiger partial charge in [0, 0.05) is 31.8 Å². The summed E-state index contributed by atoms with van der Waals surface area (Å²) >= 11 is 0. The molecule has 0 radical (unpaired) electrons. The molecule has 1 aromatic rings. The van der Waals surface area contributed by atoms with Crippen LogP contribution in [0.1, 0.15) is 75.8 Å². The van der Waals surface area contributed by atoms with Gasteiger partial charge >= 0.3 is 0 Å². The zero-order valence-corrected chi connectivity index (χ0v) is 16.9. The molecule has 3 aliphatic rings. The second kappa shape index (κ2) is 7.41. The van der Waals surface area contributed by atoms with Gasteiger partial charge in [0.05, 0.1) is 0 Å². The highest BCUT2D eigenvalue weighted by molar-refractivity contribution is 5.84. The predicted molar refractivity (Wildman–Crippen MR) is 108 cm³/mol. The van der Waals surface area contributed by atoms with E-state index in [0.717, 1.165) is 64.5 Å². The molecule has 0 bridgehead atoms. The smallest absolute Gasteiger partial charge is 0.225 e. The fourth-order valence-corrected chi connectivity index (χ4v) is 5.65. The summed E-state index contributed by atoms with van der Waals surface area (Å²) in [4.78, 5) is 26.5. The summed E-state index contributed by atoms with van der Waals surface area (Å²) in [6.45, 7) is 6.31. The van der Waals surface area contributed by atoms with Crippen molar-refractivity contribution >= 4 is 11.7 Å². The lowest BCUT2D eigenvalue weighted by molar-refractivity contribution is -0.145. The Hall–Kier alpha value is -1.64. The molecule has 1 aliphatic heterocycles. The van der Waals surface area contributed by atoms with Crippen molar-refractivity contribution < 1.29 is 9.59 Å². The third-order valence-electron chi connectivity index (χ3n) is 7.09. The molecule has 0 N–H and O–H groups in total. The van der Waals surface area contributed by atoms with Crippen LogP contribution in [0.15, 0.2) is 24.3 Å². The lowest BCUT2D eigenvalue weighted by atomic mass is 9.60. The van der Waals surface area contributed by atoms with Gasteiger partial charge in [0.15, 0.2) is 0 Å². The summed E-state index contributed by atoms with van der Waals surface area (Å²) in [6, 6.07) is 9.08. The highest BCUT2D eigenvalue weighted by Gasteiger charge is 2.51. The van der Waals surface area contributed by atoms with Gasteiger partial charge in [-0.15, -0.1) is 0 Å². The SMILES string of the molecule is CC(C)Cc1cccc(C2CCN(C(=O)C3CC4(CCC(=O)C4)C3)CC2)c1. The first-order valence-corrected chi connectivity index (χ1v) is 10.8. The number of likely N-dealkylation sites (tertiary alicyclic amines) is 1. The van der Waals surface area contributed by atoms with Crippen molar-refractivity contribution in [1.29, 1.82) is 0 Å². The van der Waals surface area contributed by atoms with Crippen molar-refractivity contribution in [1.82, 2.24) is 4.90 Å². The Labute approximate surface area is 163 Å². The van der Waals surface area contributed by atoms with Gasteiger partial charge in [-0.05, 0) is 66.9 Å². The van der Waals surface area contributed by atoms with Crippen LogP contribution in [0.4, 0.5) is 0 Å². The Bertz CT molecular complexity index is 709. The van der Waals surface area contributed by atoms with Gasteiger partial charge in [0.1, 0.15) is 5.78 Å². The molecule has 1 heterocycles. The minimum atomic E-state index is 0.182. The number of hydrogen-bond acceptors (Lipinski definition) is 2. The van der Waals surface area contributed by atoms with E-state index in [2.05, 4.69) is 43.0 Å². The molecule has 1 amide bonds. The summed E-state index contributed by atoms with van der Waals surface area (Å²) in [5.74, 6) is 2.21. The standard InChI is InChI=1S/C24H33NO2/c1-17(2)12-18-4-3-5-20(13-18)19-7-10-25(11-8-19)23(27)21-14-24(15-21)9-6-22(26)16-24/h3-5,13,17,19,21H,6-12,14-16H2,1-2H3. The first kappa shape index (κ1) is 18.7. The van der Waals surface area contributed by atoms with Gasteiger partial charge in [-0.3, -0.25) is 9.59 Å². The molecule has 1 saturated heterocycles. The van der Waals surface area contributed by atoms with E-state index in [1.54, 1.807) is 0 Å². The number of carbonyl (C=O) groups is 2. The Morgan fingerprint density at radius 1 is 1.22 bits per heavy atom. The van der Waals surface area contributed by atoms with Crippen LogP contribution in [0.5, 0.6) is 0 Å². The van der Waals surface area contributed by atoms with E-state index >= 15 is 0 Å². The van der Waals surface area contributed by atoms with Crippen LogP contribution in [-0.2, 0) is 16.0 Å². The molecule has 3 heteroatoms. The molecule has 1 spiro atoms. The normalized spacial score (nSPS) is 28.8. The quantitative estimate of drug-likeness (QED) is 0.771. The van der Waals surface area contributed by atoms with E-state index in [0.29, 0.717) is 23.5 Å². The average molecular weight is 368 g/mol. The third-order valence-corrected chi connectivity index (χ3v) is 7.09. The van der Waals surface area contributed by atoms with E-state index in [-0.39, 0.29) is 11.3 Å². The van der Waals surface area contributed by atoms with E-state index in [1.165, 1.54) is 11.1 Å². The second-order valence-electron chi connectivity index (χ2n) is 9.76. The van der Waals surface area contributed by atoms with Gasteiger partial charge in [0.2, 0.25) is 5.91 Å². The first-order chi connectivity index (χ1) is 12.9. The van der Waals surface area contributed by atoms with Crippen molar-refractivity contribution in [2.75, 3.05) is 13.1 Å². The molecular formula is C24H33NO2. The summed E-state index contributed by atoms with van der Waals surface area (Å²) in [7, 11) is 0. The molecule has 0 unspecified atom stereocenters. The largest absolute Gasteiger partial charge is 0.342 e. The summed E-state index contributed by atoms with van der Waals surface area (Å²) in [5.41, 5.74) is 3.09. The molecule has 3 fully saturated rings. The number of amides is 1. The maximum absolute atomic E-state index is 12.9. The molecule has 2 saturated carbocycles. The van der Waals surface area contributed by atoms with E-state index in [1.807, 2.05) is 0 Å². The topological polar surface area (TPSA) is 37.4 Å². The first-order valence-electron chi connectivity index (χ1n) is 10.8. The monoisotopic (exact) mass is 367 g/mol. The van der Waals surface area contributed by atoms with E-state index in [9.17, 15) is 9.59 Å². The highest BCUT2D eigenvalue weighted by Crippen LogP contribution is 2.55. The van der Waals surface area contributed by atoms with Crippen LogP contribution in [0, 0.1) is 17.3 Å². The van der Waals surface area contributed by atoms with Gasteiger partial charge in [-0.25, -0.2) is 0 Å². The fourth-order valence-electron chi connectivity index (χ4n) is 5.65. The summed E-state index contributed by atoms with van der Waals surface area (Å²) < 4.78 is 0. The average Bonchev–Trinajstić information content (AvgIpc) is 3.02. The number of benzene rings is 1. The fraction of sp³-hybridized carbons (Fsp3) is 0.667. The Balaban J connectivity index is 1.29. The van der Waals surface area contributed by atoms with Crippen molar-refractivity contribution in [3.63, 3.8) is 0 Å². The van der Waals surface area contributed by atoms with Crippen molar-refractivity contribution in [2.24, 2.45) is 17.3 Å². The van der Waals surface area contributed by atoms with Crippen LogP contribution >= 0.6 is 0 Å². The van der Waals surface area contributed by atoms with Crippen LogP contribution < -0.4 is 0 Å². The second-order valence-corrected chi connectivity index (χ2v) is 9.76. The number of nitrogens with zero attached hydrogens (tertiary/aromatic N) is 1. The lowest BCUT2D eigenvalue weighted by Gasteiger charge is -2.46. The van der Waals surface area contributed by atoms with E-state index in [4.69, 9.17) is 0 Å². The van der Waals surface area contributed by atoms with Gasteiger partial charge in [-0.2, -0.15) is 0 Å². The van der Waals surface area contributed by atoms with Gasteiger partial charge in [-0.1, -0.05) is 38.1 Å². The molecule has 0 atom stereocenters. The molecule has 27 heavy (non-hydrogen) atoms. The third kappa shape index (κ3) is 3.97. The van der Waals surface area contributed by atoms with Crippen LogP contribution in [0.2, 0.25) is 0 Å². The zero-order valence-electron chi connectivity index (χ0n) is 16.9. The number of Topliss-reactive ketones (excluding diaryl/α,β-unsaturated/α-hetero) is 1. The van der Waals surface area contributed by atoms with Crippen LogP contribution in [0.3, 0.4) is 0 Å². The maximum Gasteiger partial charge on any atom is 0.225 e. The van der Waals surface area contributed by atoms with Crippen molar-refractivity contribution in [3.05, 3.63) is 35.4 Å².